The average Bonchev–Trinajstić information content (AvgIpc) is 3.54. The highest BCUT2D eigenvalue weighted by atomic mass is 32.1. The van der Waals surface area contributed by atoms with Crippen molar-refractivity contribution in [3.05, 3.63) is 38.8 Å². The van der Waals surface area contributed by atoms with Crippen molar-refractivity contribution in [2.24, 2.45) is 5.92 Å². The van der Waals surface area contributed by atoms with Crippen molar-refractivity contribution in [2.75, 3.05) is 13.1 Å². The fourth-order valence-electron chi connectivity index (χ4n) is 4.92. The summed E-state index contributed by atoms with van der Waals surface area (Å²) in [4.78, 5) is 35.5. The van der Waals surface area contributed by atoms with Crippen LogP contribution in [0, 0.1) is 19.8 Å². The molecule has 1 amide bonds. The lowest BCUT2D eigenvalue weighted by Crippen LogP contribution is -2.44. The molecule has 5 nitrogen and oxygen atoms in total. The van der Waals surface area contributed by atoms with Gasteiger partial charge in [-0.2, -0.15) is 0 Å². The Morgan fingerprint density at radius 1 is 1.10 bits per heavy atom. The Bertz CT molecular complexity index is 1040. The predicted octanol–water partition coefficient (Wildman–Crippen LogP) is 4.47. The summed E-state index contributed by atoms with van der Waals surface area (Å²) in [6.45, 7) is 5.62. The molecule has 1 aliphatic heterocycles. The van der Waals surface area contributed by atoms with E-state index in [9.17, 15) is 9.59 Å². The number of amides is 1. The van der Waals surface area contributed by atoms with E-state index in [1.165, 1.54) is 4.88 Å². The Morgan fingerprint density at radius 2 is 1.86 bits per heavy atom. The zero-order chi connectivity index (χ0) is 20.1. The van der Waals surface area contributed by atoms with E-state index < -0.39 is 0 Å². The third kappa shape index (κ3) is 3.35. The molecule has 6 heteroatoms. The summed E-state index contributed by atoms with van der Waals surface area (Å²) in [5.41, 5.74) is 1.22. The van der Waals surface area contributed by atoms with Crippen molar-refractivity contribution in [3.63, 3.8) is 0 Å². The monoisotopic (exact) mass is 411 g/mol. The molecule has 0 aromatic carbocycles. The number of carbonyl (C=O) groups excluding carboxylic acids is 1. The van der Waals surface area contributed by atoms with Crippen LogP contribution in [-0.2, 0) is 4.79 Å². The third-order valence-corrected chi connectivity index (χ3v) is 8.07. The molecule has 5 rings (SSSR count). The van der Waals surface area contributed by atoms with Crippen molar-refractivity contribution < 1.29 is 4.79 Å². The van der Waals surface area contributed by atoms with Gasteiger partial charge in [0.05, 0.1) is 5.39 Å². The predicted molar refractivity (Wildman–Crippen MR) is 117 cm³/mol. The van der Waals surface area contributed by atoms with Gasteiger partial charge >= 0.3 is 0 Å². The Hall–Kier alpha value is -1.95. The van der Waals surface area contributed by atoms with Crippen LogP contribution in [0.5, 0.6) is 0 Å². The number of rotatable bonds is 3. The summed E-state index contributed by atoms with van der Waals surface area (Å²) in [5, 5.41) is 0.810. The maximum atomic E-state index is 13.5. The second-order valence-electron chi connectivity index (χ2n) is 8.92. The molecular formula is C23H29N3O2S. The summed E-state index contributed by atoms with van der Waals surface area (Å²) < 4.78 is 2.02. The van der Waals surface area contributed by atoms with Crippen LogP contribution in [0.3, 0.4) is 0 Å². The van der Waals surface area contributed by atoms with Gasteiger partial charge in [-0.1, -0.05) is 12.2 Å². The first kappa shape index (κ1) is 19.0. The Kier molecular flexibility index (Phi) is 4.85. The Balaban J connectivity index is 1.42. The minimum Gasteiger partial charge on any atom is -0.342 e. The molecule has 3 heterocycles. The van der Waals surface area contributed by atoms with Crippen LogP contribution < -0.4 is 5.56 Å². The van der Waals surface area contributed by atoms with E-state index in [-0.39, 0.29) is 17.5 Å². The van der Waals surface area contributed by atoms with Crippen molar-refractivity contribution in [1.29, 1.82) is 0 Å². The lowest BCUT2D eigenvalue weighted by molar-refractivity contribution is -0.137. The van der Waals surface area contributed by atoms with Crippen LogP contribution in [0.25, 0.3) is 10.2 Å². The molecule has 1 saturated heterocycles. The van der Waals surface area contributed by atoms with Crippen LogP contribution in [-0.4, -0.2) is 33.4 Å². The number of piperidine rings is 1. The van der Waals surface area contributed by atoms with Crippen molar-refractivity contribution in [2.45, 2.75) is 70.8 Å². The molecule has 3 aliphatic rings. The molecule has 1 atom stereocenters. The zero-order valence-corrected chi connectivity index (χ0v) is 18.1. The SMILES string of the molecule is Cc1sc2nc(C3CC3)n(C3CCN(C(=O)C4CC=CCC4)CC3)c(=O)c2c1C. The van der Waals surface area contributed by atoms with Crippen LogP contribution in [0.4, 0.5) is 0 Å². The molecule has 1 saturated carbocycles. The number of likely N-dealkylation sites (tertiary alicyclic amines) is 1. The lowest BCUT2D eigenvalue weighted by Gasteiger charge is -2.36. The van der Waals surface area contributed by atoms with Gasteiger partial charge in [0.25, 0.3) is 5.56 Å². The van der Waals surface area contributed by atoms with Crippen molar-refractivity contribution in [3.8, 4) is 0 Å². The van der Waals surface area contributed by atoms with E-state index in [1.807, 2.05) is 16.4 Å². The number of allylic oxidation sites excluding steroid dienone is 2. The van der Waals surface area contributed by atoms with E-state index in [0.29, 0.717) is 11.8 Å². The van der Waals surface area contributed by atoms with Crippen LogP contribution in [0.2, 0.25) is 0 Å². The first-order valence-corrected chi connectivity index (χ1v) is 11.8. The van der Waals surface area contributed by atoms with Gasteiger partial charge in [0.1, 0.15) is 10.7 Å². The maximum absolute atomic E-state index is 13.5. The standard InChI is InChI=1S/C23H29N3O2S/c1-14-15(2)29-21-19(14)23(28)26(20(24-21)16-8-9-16)18-10-12-25(13-11-18)22(27)17-6-4-3-5-7-17/h3-4,16-18H,5-13H2,1-2H3. The number of aryl methyl sites for hydroxylation is 2. The first-order chi connectivity index (χ1) is 14.0. The fraction of sp³-hybridized carbons (Fsp3) is 0.609. The van der Waals surface area contributed by atoms with Crippen LogP contribution in [0.15, 0.2) is 16.9 Å². The number of fused-ring (bicyclic) bond motifs is 1. The molecule has 0 N–H and O–H groups in total. The molecule has 0 bridgehead atoms. The summed E-state index contributed by atoms with van der Waals surface area (Å²) in [5.74, 6) is 1.88. The number of hydrogen-bond donors (Lipinski definition) is 0. The minimum absolute atomic E-state index is 0.140. The second-order valence-corrected chi connectivity index (χ2v) is 10.1. The molecule has 2 aromatic heterocycles. The molecule has 2 fully saturated rings. The summed E-state index contributed by atoms with van der Waals surface area (Å²) in [6.07, 6.45) is 11.1. The van der Waals surface area contributed by atoms with Gasteiger partial charge in [0, 0.05) is 35.8 Å². The molecule has 2 aromatic rings. The average molecular weight is 412 g/mol. The van der Waals surface area contributed by atoms with E-state index in [1.54, 1.807) is 11.3 Å². The quantitative estimate of drug-likeness (QED) is 0.700. The third-order valence-electron chi connectivity index (χ3n) is 6.96. The van der Waals surface area contributed by atoms with Gasteiger partial charge in [-0.15, -0.1) is 11.3 Å². The van der Waals surface area contributed by atoms with Gasteiger partial charge in [0.15, 0.2) is 0 Å². The van der Waals surface area contributed by atoms with Gasteiger partial charge in [-0.25, -0.2) is 4.98 Å². The maximum Gasteiger partial charge on any atom is 0.262 e. The fourth-order valence-corrected chi connectivity index (χ4v) is 5.95. The Labute approximate surface area is 175 Å². The van der Waals surface area contributed by atoms with Gasteiger partial charge < -0.3 is 4.90 Å². The Morgan fingerprint density at radius 3 is 2.52 bits per heavy atom. The van der Waals surface area contributed by atoms with Crippen LogP contribution in [0.1, 0.15) is 73.2 Å². The zero-order valence-electron chi connectivity index (χ0n) is 17.3. The van der Waals surface area contributed by atoms with Gasteiger partial charge in [-0.3, -0.25) is 14.2 Å². The first-order valence-electron chi connectivity index (χ1n) is 11.0. The van der Waals surface area contributed by atoms with Crippen LogP contribution >= 0.6 is 11.3 Å². The van der Waals surface area contributed by atoms with Crippen molar-refractivity contribution in [1.82, 2.24) is 14.5 Å². The van der Waals surface area contributed by atoms with E-state index in [0.717, 1.165) is 79.6 Å². The number of thiophene rings is 1. The normalized spacial score (nSPS) is 23.1. The second kappa shape index (κ2) is 7.38. The molecule has 2 aliphatic carbocycles. The molecule has 29 heavy (non-hydrogen) atoms. The number of carbonyl (C=O) groups is 1. The highest BCUT2D eigenvalue weighted by Gasteiger charge is 2.35. The van der Waals surface area contributed by atoms with E-state index >= 15 is 0 Å². The topological polar surface area (TPSA) is 55.2 Å². The molecule has 154 valence electrons. The summed E-state index contributed by atoms with van der Waals surface area (Å²) in [6, 6.07) is 0.157. The molecule has 0 spiro atoms. The summed E-state index contributed by atoms with van der Waals surface area (Å²) in [7, 11) is 0. The smallest absolute Gasteiger partial charge is 0.262 e. The van der Waals surface area contributed by atoms with Gasteiger partial charge in [-0.05, 0) is 64.4 Å². The number of nitrogens with zero attached hydrogens (tertiary/aromatic N) is 3. The van der Waals surface area contributed by atoms with Gasteiger partial charge in [0.2, 0.25) is 5.91 Å². The minimum atomic E-state index is 0.140. The molecule has 0 radical (unpaired) electrons. The highest BCUT2D eigenvalue weighted by Crippen LogP contribution is 2.41. The number of aromatic nitrogens is 2. The highest BCUT2D eigenvalue weighted by molar-refractivity contribution is 7.18. The largest absolute Gasteiger partial charge is 0.342 e. The molecular weight excluding hydrogens is 382 g/mol. The van der Waals surface area contributed by atoms with E-state index in [4.69, 9.17) is 4.98 Å². The van der Waals surface area contributed by atoms with E-state index in [2.05, 4.69) is 19.1 Å². The van der Waals surface area contributed by atoms with Crippen molar-refractivity contribution >= 4 is 27.5 Å². The number of hydrogen-bond acceptors (Lipinski definition) is 4. The lowest BCUT2D eigenvalue weighted by atomic mass is 9.92. The molecule has 1 unspecified atom stereocenters. The summed E-state index contributed by atoms with van der Waals surface area (Å²) >= 11 is 1.64.